The molecule has 0 bridgehead atoms. The van der Waals surface area contributed by atoms with Crippen molar-refractivity contribution in [3.63, 3.8) is 0 Å². The third-order valence-corrected chi connectivity index (χ3v) is 5.30. The first-order chi connectivity index (χ1) is 12.6. The molecule has 2 saturated heterocycles. The molecule has 8 heteroatoms. The van der Waals surface area contributed by atoms with Crippen molar-refractivity contribution in [1.82, 2.24) is 10.6 Å². The average Bonchev–Trinajstić information content (AvgIpc) is 3.34. The van der Waals surface area contributed by atoms with Gasteiger partial charge in [0.25, 0.3) is 0 Å². The van der Waals surface area contributed by atoms with Gasteiger partial charge in [0.2, 0.25) is 11.8 Å². The topological polar surface area (TPSA) is 73.5 Å². The maximum atomic E-state index is 12.4. The maximum absolute atomic E-state index is 12.4. The van der Waals surface area contributed by atoms with Crippen molar-refractivity contribution in [2.45, 2.75) is 45.1 Å². The Balaban J connectivity index is 0.00000196. The molecule has 2 heterocycles. The van der Waals surface area contributed by atoms with E-state index in [4.69, 9.17) is 0 Å². The molecule has 0 spiro atoms. The van der Waals surface area contributed by atoms with E-state index in [-0.39, 0.29) is 36.6 Å². The van der Waals surface area contributed by atoms with E-state index in [0.29, 0.717) is 12.3 Å². The zero-order chi connectivity index (χ0) is 18.4. The molecule has 2 atom stereocenters. The molecule has 1 aromatic rings. The zero-order valence-corrected chi connectivity index (χ0v) is 18.0. The number of carbonyl (C=O) groups excluding carboxylic acids is 2. The maximum Gasteiger partial charge on any atom is 0.246 e. The summed E-state index contributed by atoms with van der Waals surface area (Å²) in [7, 11) is 0. The molecular weight excluding hydrogens is 399 g/mol. The first kappa shape index (κ1) is 24.5. The number of amides is 2. The minimum Gasteiger partial charge on any atom is -0.371 e. The summed E-state index contributed by atoms with van der Waals surface area (Å²) < 4.78 is 0. The molecular formula is C20H32Cl2N4O2. The smallest absolute Gasteiger partial charge is 0.246 e. The molecule has 28 heavy (non-hydrogen) atoms. The van der Waals surface area contributed by atoms with Gasteiger partial charge >= 0.3 is 0 Å². The molecule has 3 rings (SSSR count). The average molecular weight is 431 g/mol. The summed E-state index contributed by atoms with van der Waals surface area (Å²) in [5.74, 6) is 0.350. The van der Waals surface area contributed by atoms with Gasteiger partial charge in [-0.05, 0) is 69.8 Å². The van der Waals surface area contributed by atoms with Crippen LogP contribution in [-0.4, -0.2) is 44.0 Å². The van der Waals surface area contributed by atoms with Gasteiger partial charge in [-0.3, -0.25) is 9.59 Å². The van der Waals surface area contributed by atoms with E-state index in [1.807, 2.05) is 18.2 Å². The Hall–Kier alpha value is -1.50. The molecule has 0 aromatic heterocycles. The van der Waals surface area contributed by atoms with Crippen LogP contribution in [0.25, 0.3) is 0 Å². The lowest BCUT2D eigenvalue weighted by Crippen LogP contribution is -2.41. The van der Waals surface area contributed by atoms with E-state index < -0.39 is 6.04 Å². The predicted molar refractivity (Wildman–Crippen MR) is 119 cm³/mol. The van der Waals surface area contributed by atoms with Crippen molar-refractivity contribution < 1.29 is 9.59 Å². The fourth-order valence-electron chi connectivity index (χ4n) is 3.68. The Bertz CT molecular complexity index is 632. The lowest BCUT2D eigenvalue weighted by Gasteiger charge is -2.19. The van der Waals surface area contributed by atoms with Gasteiger partial charge in [-0.1, -0.05) is 6.07 Å². The van der Waals surface area contributed by atoms with Crippen LogP contribution in [0.3, 0.4) is 0 Å². The molecule has 6 nitrogen and oxygen atoms in total. The van der Waals surface area contributed by atoms with Crippen LogP contribution in [0.4, 0.5) is 11.4 Å². The Labute approximate surface area is 180 Å². The minimum absolute atomic E-state index is 0. The first-order valence-corrected chi connectivity index (χ1v) is 9.78. The monoisotopic (exact) mass is 430 g/mol. The molecule has 1 aromatic carbocycles. The van der Waals surface area contributed by atoms with E-state index in [1.165, 1.54) is 12.8 Å². The SMILES string of the molecule is CC(NC(=O)CCC1CCNC1)C(=O)Nc1cccc(N2CCCC2)c1.Cl.Cl. The fourth-order valence-corrected chi connectivity index (χ4v) is 3.68. The number of nitrogens with zero attached hydrogens (tertiary/aromatic N) is 1. The van der Waals surface area contributed by atoms with Crippen LogP contribution in [0.2, 0.25) is 0 Å². The van der Waals surface area contributed by atoms with E-state index in [2.05, 4.69) is 26.9 Å². The highest BCUT2D eigenvalue weighted by Crippen LogP contribution is 2.23. The molecule has 0 saturated carbocycles. The molecule has 2 aliphatic heterocycles. The zero-order valence-electron chi connectivity index (χ0n) is 16.4. The van der Waals surface area contributed by atoms with E-state index in [9.17, 15) is 9.59 Å². The molecule has 2 aliphatic rings. The van der Waals surface area contributed by atoms with Gasteiger partial charge in [-0.15, -0.1) is 24.8 Å². The van der Waals surface area contributed by atoms with Crippen LogP contribution >= 0.6 is 24.8 Å². The molecule has 158 valence electrons. The Morgan fingerprint density at radius 2 is 2.00 bits per heavy atom. The van der Waals surface area contributed by atoms with E-state index >= 15 is 0 Å². The number of hydrogen-bond acceptors (Lipinski definition) is 4. The van der Waals surface area contributed by atoms with Gasteiger partial charge in [0.15, 0.2) is 0 Å². The third-order valence-electron chi connectivity index (χ3n) is 5.30. The summed E-state index contributed by atoms with van der Waals surface area (Å²) in [6.07, 6.45) is 4.93. The first-order valence-electron chi connectivity index (χ1n) is 9.78. The molecule has 2 amide bonds. The number of benzene rings is 1. The molecule has 0 aliphatic carbocycles. The predicted octanol–water partition coefficient (Wildman–Crippen LogP) is 2.96. The summed E-state index contributed by atoms with van der Waals surface area (Å²) in [4.78, 5) is 26.8. The quantitative estimate of drug-likeness (QED) is 0.621. The Morgan fingerprint density at radius 3 is 2.68 bits per heavy atom. The van der Waals surface area contributed by atoms with Crippen LogP contribution in [0.1, 0.15) is 39.0 Å². The number of nitrogens with one attached hydrogen (secondary N) is 3. The number of rotatable bonds is 7. The van der Waals surface area contributed by atoms with Crippen molar-refractivity contribution in [3.8, 4) is 0 Å². The van der Waals surface area contributed by atoms with Gasteiger partial charge in [0, 0.05) is 30.9 Å². The molecule has 3 N–H and O–H groups in total. The number of anilines is 2. The summed E-state index contributed by atoms with van der Waals surface area (Å²) >= 11 is 0. The van der Waals surface area contributed by atoms with Crippen molar-refractivity contribution in [2.75, 3.05) is 36.4 Å². The lowest BCUT2D eigenvalue weighted by atomic mass is 10.0. The van der Waals surface area contributed by atoms with Gasteiger partial charge < -0.3 is 20.9 Å². The van der Waals surface area contributed by atoms with Crippen molar-refractivity contribution >= 4 is 48.0 Å². The van der Waals surface area contributed by atoms with E-state index in [1.54, 1.807) is 6.92 Å². The second-order valence-electron chi connectivity index (χ2n) is 7.42. The van der Waals surface area contributed by atoms with Crippen LogP contribution in [0.15, 0.2) is 24.3 Å². The van der Waals surface area contributed by atoms with E-state index in [0.717, 1.165) is 50.4 Å². The lowest BCUT2D eigenvalue weighted by molar-refractivity contribution is -0.126. The number of carbonyl (C=O) groups is 2. The van der Waals surface area contributed by atoms with Gasteiger partial charge in [-0.2, -0.15) is 0 Å². The number of halogens is 2. The second-order valence-corrected chi connectivity index (χ2v) is 7.42. The molecule has 0 radical (unpaired) electrons. The third kappa shape index (κ3) is 7.15. The van der Waals surface area contributed by atoms with Crippen LogP contribution in [-0.2, 0) is 9.59 Å². The molecule has 2 unspecified atom stereocenters. The summed E-state index contributed by atoms with van der Waals surface area (Å²) in [6, 6.07) is 7.38. The fraction of sp³-hybridized carbons (Fsp3) is 0.600. The largest absolute Gasteiger partial charge is 0.371 e. The van der Waals surface area contributed by atoms with Crippen LogP contribution in [0.5, 0.6) is 0 Å². The van der Waals surface area contributed by atoms with Crippen molar-refractivity contribution in [3.05, 3.63) is 24.3 Å². The second kappa shape index (κ2) is 12.1. The number of hydrogen-bond donors (Lipinski definition) is 3. The van der Waals surface area contributed by atoms with Gasteiger partial charge in [-0.25, -0.2) is 0 Å². The van der Waals surface area contributed by atoms with Crippen molar-refractivity contribution in [1.29, 1.82) is 0 Å². The Kier molecular flexibility index (Phi) is 10.6. The van der Waals surface area contributed by atoms with Crippen molar-refractivity contribution in [2.24, 2.45) is 5.92 Å². The van der Waals surface area contributed by atoms with Gasteiger partial charge in [0.1, 0.15) is 6.04 Å². The highest BCUT2D eigenvalue weighted by atomic mass is 35.5. The summed E-state index contributed by atoms with van der Waals surface area (Å²) in [5, 5.41) is 9.04. The van der Waals surface area contributed by atoms with Crippen LogP contribution < -0.4 is 20.9 Å². The highest BCUT2D eigenvalue weighted by molar-refractivity contribution is 5.97. The van der Waals surface area contributed by atoms with Crippen LogP contribution in [0, 0.1) is 5.92 Å². The minimum atomic E-state index is -0.542. The van der Waals surface area contributed by atoms with Gasteiger partial charge in [0.05, 0.1) is 0 Å². The Morgan fingerprint density at radius 1 is 1.25 bits per heavy atom. The normalized spacial score (nSPS) is 19.3. The summed E-state index contributed by atoms with van der Waals surface area (Å²) in [5.41, 5.74) is 1.92. The highest BCUT2D eigenvalue weighted by Gasteiger charge is 2.19. The summed E-state index contributed by atoms with van der Waals surface area (Å²) in [6.45, 7) is 5.91. The molecule has 2 fully saturated rings. The standard InChI is InChI=1S/C20H30N4O2.2ClH/c1-15(22-19(25)8-7-16-9-10-21-14-16)20(26)23-17-5-4-6-18(13-17)24-11-2-3-12-24;;/h4-6,13,15-16,21H,2-3,7-12,14H2,1H3,(H,22,25)(H,23,26);2*1H.